The molecule has 0 saturated carbocycles. The standard InChI is InChI=1S/C21H17I/c1-21(2)19-9-4-3-6-17(19)18-8-5-7-16(20(18)21)14-10-12-15(22)13-11-14/h3-13H,1-2H3. The van der Waals surface area contributed by atoms with Crippen LogP contribution in [0.4, 0.5) is 0 Å². The number of halogens is 1. The van der Waals surface area contributed by atoms with Gasteiger partial charge in [-0.05, 0) is 68.1 Å². The molecular formula is C21H17I. The molecule has 0 N–H and O–H groups in total. The Labute approximate surface area is 145 Å². The zero-order valence-corrected chi connectivity index (χ0v) is 14.9. The highest BCUT2D eigenvalue weighted by Gasteiger charge is 2.36. The Balaban J connectivity index is 2.02. The van der Waals surface area contributed by atoms with E-state index >= 15 is 0 Å². The van der Waals surface area contributed by atoms with Crippen molar-refractivity contribution in [1.29, 1.82) is 0 Å². The third-order valence-electron chi connectivity index (χ3n) is 4.74. The minimum absolute atomic E-state index is 0.0471. The van der Waals surface area contributed by atoms with Crippen molar-refractivity contribution in [3.63, 3.8) is 0 Å². The number of hydrogen-bond donors (Lipinski definition) is 0. The van der Waals surface area contributed by atoms with Gasteiger partial charge in [0.15, 0.2) is 0 Å². The Morgan fingerprint density at radius 2 is 1.32 bits per heavy atom. The summed E-state index contributed by atoms with van der Waals surface area (Å²) in [5, 5.41) is 0. The molecule has 0 nitrogen and oxygen atoms in total. The van der Waals surface area contributed by atoms with E-state index in [1.807, 2.05) is 0 Å². The van der Waals surface area contributed by atoms with E-state index in [4.69, 9.17) is 0 Å². The van der Waals surface area contributed by atoms with E-state index in [2.05, 4.69) is 103 Å². The quantitative estimate of drug-likeness (QED) is 0.426. The normalized spacial score (nSPS) is 14.5. The van der Waals surface area contributed by atoms with Crippen LogP contribution < -0.4 is 0 Å². The zero-order valence-electron chi connectivity index (χ0n) is 12.7. The minimum atomic E-state index is 0.0471. The van der Waals surface area contributed by atoms with Crippen molar-refractivity contribution in [2.24, 2.45) is 0 Å². The lowest BCUT2D eigenvalue weighted by molar-refractivity contribution is 0.662. The predicted octanol–water partition coefficient (Wildman–Crippen LogP) is 6.26. The van der Waals surface area contributed by atoms with Crippen LogP contribution in [0.15, 0.2) is 66.7 Å². The van der Waals surface area contributed by atoms with Crippen molar-refractivity contribution in [2.45, 2.75) is 19.3 Å². The van der Waals surface area contributed by atoms with Gasteiger partial charge in [0, 0.05) is 8.99 Å². The fourth-order valence-electron chi connectivity index (χ4n) is 3.72. The summed E-state index contributed by atoms with van der Waals surface area (Å²) in [6.45, 7) is 4.68. The van der Waals surface area contributed by atoms with Crippen LogP contribution in [-0.2, 0) is 5.41 Å². The Morgan fingerprint density at radius 1 is 0.682 bits per heavy atom. The van der Waals surface area contributed by atoms with Gasteiger partial charge < -0.3 is 0 Å². The van der Waals surface area contributed by atoms with E-state index in [1.54, 1.807) is 0 Å². The van der Waals surface area contributed by atoms with Gasteiger partial charge in [-0.25, -0.2) is 0 Å². The third kappa shape index (κ3) is 1.95. The van der Waals surface area contributed by atoms with Gasteiger partial charge in [0.2, 0.25) is 0 Å². The maximum atomic E-state index is 2.36. The van der Waals surface area contributed by atoms with E-state index in [9.17, 15) is 0 Å². The van der Waals surface area contributed by atoms with Crippen LogP contribution in [0.3, 0.4) is 0 Å². The van der Waals surface area contributed by atoms with Gasteiger partial charge >= 0.3 is 0 Å². The van der Waals surface area contributed by atoms with E-state index < -0.39 is 0 Å². The van der Waals surface area contributed by atoms with Crippen LogP contribution in [-0.4, -0.2) is 0 Å². The Hall–Kier alpha value is -1.61. The smallest absolute Gasteiger partial charge is 0.0165 e. The van der Waals surface area contributed by atoms with Crippen molar-refractivity contribution in [2.75, 3.05) is 0 Å². The summed E-state index contributed by atoms with van der Waals surface area (Å²) >= 11 is 2.36. The number of hydrogen-bond acceptors (Lipinski definition) is 0. The van der Waals surface area contributed by atoms with Crippen LogP contribution in [0, 0.1) is 3.57 Å². The lowest BCUT2D eigenvalue weighted by atomic mass is 9.79. The summed E-state index contributed by atoms with van der Waals surface area (Å²) in [6, 6.07) is 24.4. The summed E-state index contributed by atoms with van der Waals surface area (Å²) in [6.07, 6.45) is 0. The molecule has 0 saturated heterocycles. The van der Waals surface area contributed by atoms with Crippen molar-refractivity contribution in [3.8, 4) is 22.3 Å². The molecule has 0 aliphatic heterocycles. The molecule has 1 aliphatic carbocycles. The molecule has 0 atom stereocenters. The summed E-state index contributed by atoms with van der Waals surface area (Å²) in [5.74, 6) is 0. The average molecular weight is 396 g/mol. The Kier molecular flexibility index (Phi) is 3.15. The number of benzene rings is 3. The summed E-state index contributed by atoms with van der Waals surface area (Å²) in [5.41, 5.74) is 8.37. The molecule has 0 heterocycles. The second kappa shape index (κ2) is 4.95. The Morgan fingerprint density at radius 3 is 2.09 bits per heavy atom. The fraction of sp³-hybridized carbons (Fsp3) is 0.143. The highest BCUT2D eigenvalue weighted by Crippen LogP contribution is 2.51. The first-order valence-corrected chi connectivity index (χ1v) is 8.66. The fourth-order valence-corrected chi connectivity index (χ4v) is 4.08. The average Bonchev–Trinajstić information content (AvgIpc) is 2.77. The second-order valence-electron chi connectivity index (χ2n) is 6.41. The van der Waals surface area contributed by atoms with Gasteiger partial charge in [0.05, 0.1) is 0 Å². The minimum Gasteiger partial charge on any atom is -0.0619 e. The van der Waals surface area contributed by atoms with E-state index in [1.165, 1.54) is 37.0 Å². The molecule has 3 aromatic rings. The summed E-state index contributed by atoms with van der Waals surface area (Å²) in [4.78, 5) is 0. The predicted molar refractivity (Wildman–Crippen MR) is 102 cm³/mol. The van der Waals surface area contributed by atoms with Crippen LogP contribution in [0.5, 0.6) is 0 Å². The molecule has 0 radical (unpaired) electrons. The number of fused-ring (bicyclic) bond motifs is 3. The summed E-state index contributed by atoms with van der Waals surface area (Å²) in [7, 11) is 0. The largest absolute Gasteiger partial charge is 0.0619 e. The van der Waals surface area contributed by atoms with Gasteiger partial charge in [-0.15, -0.1) is 0 Å². The number of rotatable bonds is 1. The van der Waals surface area contributed by atoms with Crippen LogP contribution in [0.1, 0.15) is 25.0 Å². The van der Waals surface area contributed by atoms with E-state index in [0.717, 1.165) is 0 Å². The van der Waals surface area contributed by atoms with Gasteiger partial charge in [-0.3, -0.25) is 0 Å². The van der Waals surface area contributed by atoms with Gasteiger partial charge in [-0.2, -0.15) is 0 Å². The first kappa shape index (κ1) is 14.0. The zero-order chi connectivity index (χ0) is 15.3. The first-order chi connectivity index (χ1) is 10.6. The highest BCUT2D eigenvalue weighted by atomic mass is 127. The molecule has 3 aromatic carbocycles. The topological polar surface area (TPSA) is 0 Å². The van der Waals surface area contributed by atoms with Crippen LogP contribution in [0.25, 0.3) is 22.3 Å². The van der Waals surface area contributed by atoms with E-state index in [0.29, 0.717) is 0 Å². The van der Waals surface area contributed by atoms with Crippen molar-refractivity contribution in [1.82, 2.24) is 0 Å². The lowest BCUT2D eigenvalue weighted by Crippen LogP contribution is -2.16. The Bertz CT molecular complexity index is 857. The SMILES string of the molecule is CC1(C)c2ccccc2-c2cccc(-c3ccc(I)cc3)c21. The van der Waals surface area contributed by atoms with Crippen LogP contribution in [0.2, 0.25) is 0 Å². The molecule has 4 rings (SSSR count). The van der Waals surface area contributed by atoms with Crippen molar-refractivity contribution in [3.05, 3.63) is 81.4 Å². The molecule has 1 aliphatic rings. The van der Waals surface area contributed by atoms with Gasteiger partial charge in [-0.1, -0.05) is 68.4 Å². The molecule has 22 heavy (non-hydrogen) atoms. The highest BCUT2D eigenvalue weighted by molar-refractivity contribution is 14.1. The maximum Gasteiger partial charge on any atom is 0.0165 e. The van der Waals surface area contributed by atoms with Crippen molar-refractivity contribution >= 4 is 22.6 Å². The third-order valence-corrected chi connectivity index (χ3v) is 5.45. The molecule has 0 bridgehead atoms. The lowest BCUT2D eigenvalue weighted by Gasteiger charge is -2.24. The molecule has 0 aromatic heterocycles. The molecule has 0 fully saturated rings. The first-order valence-electron chi connectivity index (χ1n) is 7.58. The monoisotopic (exact) mass is 396 g/mol. The molecule has 0 unspecified atom stereocenters. The molecular weight excluding hydrogens is 379 g/mol. The van der Waals surface area contributed by atoms with Gasteiger partial charge in [0.25, 0.3) is 0 Å². The molecule has 108 valence electrons. The van der Waals surface area contributed by atoms with Crippen LogP contribution >= 0.6 is 22.6 Å². The summed E-state index contributed by atoms with van der Waals surface area (Å²) < 4.78 is 1.27. The van der Waals surface area contributed by atoms with Crippen molar-refractivity contribution < 1.29 is 0 Å². The second-order valence-corrected chi connectivity index (χ2v) is 7.65. The molecule has 0 amide bonds. The molecule has 0 spiro atoms. The maximum absolute atomic E-state index is 2.36. The van der Waals surface area contributed by atoms with E-state index in [-0.39, 0.29) is 5.41 Å². The van der Waals surface area contributed by atoms with Gasteiger partial charge in [0.1, 0.15) is 0 Å². The molecule has 1 heteroatoms.